The molecule has 3 aromatic rings. The Kier molecular flexibility index (Phi) is 5.20. The second kappa shape index (κ2) is 7.95. The lowest BCUT2D eigenvalue weighted by Crippen LogP contribution is -2.52. The zero-order valence-corrected chi connectivity index (χ0v) is 15.6. The van der Waals surface area contributed by atoms with Crippen LogP contribution in [0.4, 0.5) is 8.78 Å². The molecule has 1 aliphatic heterocycles. The van der Waals surface area contributed by atoms with E-state index in [1.807, 2.05) is 30.3 Å². The summed E-state index contributed by atoms with van der Waals surface area (Å²) in [5.74, 6) is -2.06. The SMILES string of the molecule is O=C(NC1CCCN(Cc2ccc(F)cc2F)C1=O)c1nccc2ccccc12. The van der Waals surface area contributed by atoms with Gasteiger partial charge < -0.3 is 10.2 Å². The number of hydrogen-bond acceptors (Lipinski definition) is 3. The van der Waals surface area contributed by atoms with Gasteiger partial charge in [0.05, 0.1) is 0 Å². The molecule has 2 aromatic carbocycles. The van der Waals surface area contributed by atoms with Crippen molar-refractivity contribution in [3.05, 3.63) is 77.6 Å². The number of pyridine rings is 1. The van der Waals surface area contributed by atoms with E-state index < -0.39 is 23.6 Å². The van der Waals surface area contributed by atoms with Crippen molar-refractivity contribution in [3.8, 4) is 0 Å². The number of fused-ring (bicyclic) bond motifs is 1. The molecule has 148 valence electrons. The number of nitrogens with one attached hydrogen (secondary N) is 1. The van der Waals surface area contributed by atoms with Crippen molar-refractivity contribution in [2.45, 2.75) is 25.4 Å². The van der Waals surface area contributed by atoms with Gasteiger partial charge in [-0.25, -0.2) is 8.78 Å². The fourth-order valence-corrected chi connectivity index (χ4v) is 3.61. The number of likely N-dealkylation sites (tertiary alicyclic amines) is 1. The van der Waals surface area contributed by atoms with Crippen LogP contribution in [-0.2, 0) is 11.3 Å². The number of aromatic nitrogens is 1. The Morgan fingerprint density at radius 3 is 2.83 bits per heavy atom. The minimum absolute atomic E-state index is 0.0316. The van der Waals surface area contributed by atoms with Crippen LogP contribution in [-0.4, -0.2) is 34.3 Å². The number of nitrogens with zero attached hydrogens (tertiary/aromatic N) is 2. The van der Waals surface area contributed by atoms with Crippen molar-refractivity contribution < 1.29 is 18.4 Å². The monoisotopic (exact) mass is 395 g/mol. The molecular weight excluding hydrogens is 376 g/mol. The summed E-state index contributed by atoms with van der Waals surface area (Å²) in [6.45, 7) is 0.484. The number of halogens is 2. The van der Waals surface area contributed by atoms with Crippen LogP contribution in [0.3, 0.4) is 0 Å². The van der Waals surface area contributed by atoms with Crippen LogP contribution >= 0.6 is 0 Å². The maximum Gasteiger partial charge on any atom is 0.271 e. The average molecular weight is 395 g/mol. The van der Waals surface area contributed by atoms with Crippen molar-refractivity contribution in [2.75, 3.05) is 6.54 Å². The predicted octanol–water partition coefficient (Wildman–Crippen LogP) is 3.43. The molecule has 1 saturated heterocycles. The van der Waals surface area contributed by atoms with Gasteiger partial charge in [-0.15, -0.1) is 0 Å². The van der Waals surface area contributed by atoms with Gasteiger partial charge in [-0.3, -0.25) is 14.6 Å². The quantitative estimate of drug-likeness (QED) is 0.736. The van der Waals surface area contributed by atoms with Crippen LogP contribution in [0.25, 0.3) is 10.8 Å². The first kappa shape index (κ1) is 19.0. The third-order valence-corrected chi connectivity index (χ3v) is 5.10. The molecule has 7 heteroatoms. The van der Waals surface area contributed by atoms with Crippen molar-refractivity contribution in [1.29, 1.82) is 0 Å². The van der Waals surface area contributed by atoms with E-state index in [1.54, 1.807) is 6.20 Å². The lowest BCUT2D eigenvalue weighted by atomic mass is 10.0. The van der Waals surface area contributed by atoms with Gasteiger partial charge >= 0.3 is 0 Å². The van der Waals surface area contributed by atoms with E-state index >= 15 is 0 Å². The van der Waals surface area contributed by atoms with Gasteiger partial charge in [-0.05, 0) is 30.4 Å². The van der Waals surface area contributed by atoms with Crippen molar-refractivity contribution in [1.82, 2.24) is 15.2 Å². The molecule has 2 heterocycles. The maximum atomic E-state index is 14.0. The van der Waals surface area contributed by atoms with E-state index in [4.69, 9.17) is 0 Å². The number of amides is 2. The van der Waals surface area contributed by atoms with Crippen LogP contribution in [0.2, 0.25) is 0 Å². The summed E-state index contributed by atoms with van der Waals surface area (Å²) in [6.07, 6.45) is 2.73. The summed E-state index contributed by atoms with van der Waals surface area (Å²) in [7, 11) is 0. The Morgan fingerprint density at radius 1 is 1.17 bits per heavy atom. The number of benzene rings is 2. The zero-order valence-electron chi connectivity index (χ0n) is 15.6. The molecule has 4 rings (SSSR count). The molecule has 0 radical (unpaired) electrons. The van der Waals surface area contributed by atoms with Crippen LogP contribution in [0.15, 0.2) is 54.7 Å². The Balaban J connectivity index is 1.50. The lowest BCUT2D eigenvalue weighted by Gasteiger charge is -2.32. The zero-order chi connectivity index (χ0) is 20.4. The molecular formula is C22H19F2N3O2. The second-order valence-corrected chi connectivity index (χ2v) is 7.04. The van der Waals surface area contributed by atoms with Crippen molar-refractivity contribution >= 4 is 22.6 Å². The highest BCUT2D eigenvalue weighted by atomic mass is 19.1. The lowest BCUT2D eigenvalue weighted by molar-refractivity contribution is -0.136. The van der Waals surface area contributed by atoms with E-state index in [9.17, 15) is 18.4 Å². The molecule has 0 spiro atoms. The van der Waals surface area contributed by atoms with Gasteiger partial charge in [0.1, 0.15) is 23.4 Å². The minimum atomic E-state index is -0.708. The largest absolute Gasteiger partial charge is 0.339 e. The molecule has 0 saturated carbocycles. The molecule has 1 N–H and O–H groups in total. The summed E-state index contributed by atoms with van der Waals surface area (Å²) in [5.41, 5.74) is 0.500. The highest BCUT2D eigenvalue weighted by Gasteiger charge is 2.31. The maximum absolute atomic E-state index is 14.0. The van der Waals surface area contributed by atoms with E-state index in [-0.39, 0.29) is 23.7 Å². The summed E-state index contributed by atoms with van der Waals surface area (Å²) < 4.78 is 27.1. The standard InChI is InChI=1S/C22H19F2N3O2/c23-16-8-7-15(18(24)12-16)13-27-11-3-6-19(22(27)29)26-21(28)20-17-5-2-1-4-14(17)9-10-25-20/h1-2,4-5,7-10,12,19H,3,6,11,13H2,(H,26,28). The van der Waals surface area contributed by atoms with Crippen LogP contribution in [0.5, 0.6) is 0 Å². The van der Waals surface area contributed by atoms with Crippen LogP contribution < -0.4 is 5.32 Å². The molecule has 1 unspecified atom stereocenters. The van der Waals surface area contributed by atoms with Gasteiger partial charge in [-0.2, -0.15) is 0 Å². The Bertz CT molecular complexity index is 1080. The number of hydrogen-bond donors (Lipinski definition) is 1. The molecule has 2 amide bonds. The molecule has 1 atom stereocenters. The number of piperidine rings is 1. The minimum Gasteiger partial charge on any atom is -0.339 e. The number of carbonyl (C=O) groups excluding carboxylic acids is 2. The predicted molar refractivity (Wildman–Crippen MR) is 104 cm³/mol. The van der Waals surface area contributed by atoms with Gasteiger partial charge in [-0.1, -0.05) is 30.3 Å². The highest BCUT2D eigenvalue weighted by Crippen LogP contribution is 2.20. The van der Waals surface area contributed by atoms with Crippen LogP contribution in [0.1, 0.15) is 28.9 Å². The summed E-state index contributed by atoms with van der Waals surface area (Å²) in [6, 6.07) is 11.8. The topological polar surface area (TPSA) is 62.3 Å². The molecule has 1 aromatic heterocycles. The summed E-state index contributed by atoms with van der Waals surface area (Å²) in [4.78, 5) is 31.3. The second-order valence-electron chi connectivity index (χ2n) is 7.04. The third kappa shape index (κ3) is 3.94. The summed E-state index contributed by atoms with van der Waals surface area (Å²) in [5, 5.41) is 4.36. The highest BCUT2D eigenvalue weighted by molar-refractivity contribution is 6.06. The average Bonchev–Trinajstić information content (AvgIpc) is 2.72. The van der Waals surface area contributed by atoms with Gasteiger partial charge in [0.25, 0.3) is 5.91 Å². The molecule has 0 aliphatic carbocycles. The van der Waals surface area contributed by atoms with E-state index in [1.165, 1.54) is 11.0 Å². The summed E-state index contributed by atoms with van der Waals surface area (Å²) >= 11 is 0. The first-order valence-corrected chi connectivity index (χ1v) is 9.40. The normalized spacial score (nSPS) is 16.8. The third-order valence-electron chi connectivity index (χ3n) is 5.10. The Labute approximate surface area is 166 Å². The van der Waals surface area contributed by atoms with Crippen molar-refractivity contribution in [3.63, 3.8) is 0 Å². The van der Waals surface area contributed by atoms with Gasteiger partial charge in [0, 0.05) is 36.3 Å². The fraction of sp³-hybridized carbons (Fsp3) is 0.227. The first-order valence-electron chi connectivity index (χ1n) is 9.40. The molecule has 5 nitrogen and oxygen atoms in total. The van der Waals surface area contributed by atoms with Gasteiger partial charge in [0.15, 0.2) is 0 Å². The smallest absolute Gasteiger partial charge is 0.271 e. The Morgan fingerprint density at radius 2 is 2.00 bits per heavy atom. The fourth-order valence-electron chi connectivity index (χ4n) is 3.61. The van der Waals surface area contributed by atoms with E-state index in [0.717, 1.165) is 17.5 Å². The molecule has 1 fully saturated rings. The van der Waals surface area contributed by atoms with Gasteiger partial charge in [0.2, 0.25) is 5.91 Å². The van der Waals surface area contributed by atoms with E-state index in [0.29, 0.717) is 24.8 Å². The van der Waals surface area contributed by atoms with E-state index in [2.05, 4.69) is 10.3 Å². The molecule has 1 aliphatic rings. The van der Waals surface area contributed by atoms with Crippen molar-refractivity contribution in [2.24, 2.45) is 0 Å². The number of carbonyl (C=O) groups is 2. The molecule has 0 bridgehead atoms. The number of rotatable bonds is 4. The van der Waals surface area contributed by atoms with Crippen LogP contribution in [0, 0.1) is 11.6 Å². The first-order chi connectivity index (χ1) is 14.0. The Hall–Kier alpha value is -3.35. The molecule has 29 heavy (non-hydrogen) atoms.